The van der Waals surface area contributed by atoms with Crippen LogP contribution in [0, 0.1) is 0 Å². The minimum absolute atomic E-state index is 0.0134. The Morgan fingerprint density at radius 3 is 2.61 bits per heavy atom. The highest BCUT2D eigenvalue weighted by Gasteiger charge is 2.29. The third-order valence-electron chi connectivity index (χ3n) is 5.90. The van der Waals surface area contributed by atoms with Crippen LogP contribution in [0.3, 0.4) is 0 Å². The average molecular weight is 418 g/mol. The number of hydrogen-bond donors (Lipinski definition) is 1. The van der Waals surface area contributed by atoms with Gasteiger partial charge in [-0.15, -0.1) is 0 Å². The molecule has 6 heteroatoms. The van der Waals surface area contributed by atoms with Crippen molar-refractivity contribution in [2.24, 2.45) is 0 Å². The minimum atomic E-state index is -0.513. The Labute approximate surface area is 181 Å². The van der Waals surface area contributed by atoms with Gasteiger partial charge in [-0.1, -0.05) is 48.5 Å². The Bertz CT molecular complexity index is 1030. The maximum absolute atomic E-state index is 12.5. The second kappa shape index (κ2) is 9.16. The van der Waals surface area contributed by atoms with Crippen molar-refractivity contribution in [2.45, 2.75) is 44.7 Å². The van der Waals surface area contributed by atoms with Crippen molar-refractivity contribution >= 4 is 23.9 Å². The van der Waals surface area contributed by atoms with Gasteiger partial charge >= 0.3 is 5.97 Å². The molecule has 0 spiro atoms. The highest BCUT2D eigenvalue weighted by atomic mass is 16.5. The van der Waals surface area contributed by atoms with E-state index in [1.54, 1.807) is 6.20 Å². The number of rotatable bonds is 5. The molecule has 2 aromatic carbocycles. The molecule has 2 aromatic rings. The molecule has 0 radical (unpaired) electrons. The van der Waals surface area contributed by atoms with E-state index < -0.39 is 12.0 Å². The maximum Gasteiger partial charge on any atom is 0.308 e. The van der Waals surface area contributed by atoms with Crippen LogP contribution >= 0.6 is 0 Å². The Balaban J connectivity index is 1.35. The van der Waals surface area contributed by atoms with E-state index >= 15 is 0 Å². The van der Waals surface area contributed by atoms with Gasteiger partial charge in [-0.3, -0.25) is 14.4 Å². The molecule has 1 N–H and O–H groups in total. The molecule has 1 aliphatic carbocycles. The van der Waals surface area contributed by atoms with Crippen molar-refractivity contribution < 1.29 is 19.1 Å². The Hall–Kier alpha value is -3.41. The number of nitrogens with one attached hydrogen (secondary N) is 1. The Morgan fingerprint density at radius 1 is 1.06 bits per heavy atom. The third-order valence-corrected chi connectivity index (χ3v) is 5.90. The third kappa shape index (κ3) is 4.68. The van der Waals surface area contributed by atoms with Crippen LogP contribution in [-0.2, 0) is 25.5 Å². The molecule has 0 saturated heterocycles. The second-order valence-electron chi connectivity index (χ2n) is 7.96. The normalized spacial score (nSPS) is 19.2. The molecule has 2 amide bonds. The quantitative estimate of drug-likeness (QED) is 0.752. The predicted molar refractivity (Wildman–Crippen MR) is 117 cm³/mol. The number of carbonyl (C=O) groups is 3. The number of esters is 1. The van der Waals surface area contributed by atoms with Crippen LogP contribution in [0.1, 0.15) is 60.5 Å². The van der Waals surface area contributed by atoms with Gasteiger partial charge in [-0.2, -0.15) is 0 Å². The van der Waals surface area contributed by atoms with Gasteiger partial charge in [0.2, 0.25) is 5.91 Å². The summed E-state index contributed by atoms with van der Waals surface area (Å²) >= 11 is 0. The van der Waals surface area contributed by atoms with Gasteiger partial charge in [-0.05, 0) is 47.6 Å². The fraction of sp³-hybridized carbons (Fsp3) is 0.320. The molecule has 0 aromatic heterocycles. The fourth-order valence-electron chi connectivity index (χ4n) is 4.42. The molecular formula is C25H26N2O4. The van der Waals surface area contributed by atoms with Gasteiger partial charge < -0.3 is 15.0 Å². The molecule has 1 aliphatic heterocycles. The van der Waals surface area contributed by atoms with E-state index in [1.165, 1.54) is 17.4 Å². The molecule has 4 rings (SSSR count). The smallest absolute Gasteiger partial charge is 0.308 e. The van der Waals surface area contributed by atoms with E-state index in [4.69, 9.17) is 4.74 Å². The SMILES string of the molecule is CC(=O)N1C=Cc2ccccc2[C@H]1CC(=O)OCC(=O)N[C@H]1CCCc2ccccc21. The lowest BCUT2D eigenvalue weighted by atomic mass is 9.88. The van der Waals surface area contributed by atoms with E-state index in [-0.39, 0.29) is 30.9 Å². The van der Waals surface area contributed by atoms with Crippen LogP contribution in [0.15, 0.2) is 54.7 Å². The summed E-state index contributed by atoms with van der Waals surface area (Å²) in [7, 11) is 0. The van der Waals surface area contributed by atoms with Crippen LogP contribution < -0.4 is 5.32 Å². The standard InChI is InChI=1S/C25H26N2O4/c1-17(28)27-14-13-19-8-3-5-11-21(19)23(27)15-25(30)31-16-24(29)26-22-12-6-9-18-7-2-4-10-20(18)22/h2-5,7-8,10-11,13-14,22-23H,6,9,12,15-16H2,1H3,(H,26,29)/t22-,23+/m0/s1. The summed E-state index contributed by atoms with van der Waals surface area (Å²) in [5, 5.41) is 2.98. The number of carbonyl (C=O) groups excluding carboxylic acids is 3. The molecular weight excluding hydrogens is 392 g/mol. The number of fused-ring (bicyclic) bond motifs is 2. The van der Waals surface area contributed by atoms with Crippen LogP contribution in [0.5, 0.6) is 0 Å². The lowest BCUT2D eigenvalue weighted by Gasteiger charge is -2.32. The number of nitrogens with zero attached hydrogens (tertiary/aromatic N) is 1. The monoisotopic (exact) mass is 418 g/mol. The topological polar surface area (TPSA) is 75.7 Å². The molecule has 31 heavy (non-hydrogen) atoms. The predicted octanol–water partition coefficient (Wildman–Crippen LogP) is 3.69. The van der Waals surface area contributed by atoms with Gasteiger partial charge in [-0.25, -0.2) is 0 Å². The molecule has 2 aliphatic rings. The zero-order chi connectivity index (χ0) is 21.8. The fourth-order valence-corrected chi connectivity index (χ4v) is 4.42. The van der Waals surface area contributed by atoms with Crippen molar-refractivity contribution in [1.82, 2.24) is 10.2 Å². The lowest BCUT2D eigenvalue weighted by Crippen LogP contribution is -2.35. The summed E-state index contributed by atoms with van der Waals surface area (Å²) in [5.41, 5.74) is 4.24. The highest BCUT2D eigenvalue weighted by molar-refractivity contribution is 5.82. The molecule has 0 unspecified atom stereocenters. The summed E-state index contributed by atoms with van der Waals surface area (Å²) in [4.78, 5) is 38.5. The molecule has 1 heterocycles. The first-order valence-corrected chi connectivity index (χ1v) is 10.6. The first kappa shape index (κ1) is 20.8. The molecule has 0 bridgehead atoms. The maximum atomic E-state index is 12.5. The van der Waals surface area contributed by atoms with E-state index in [2.05, 4.69) is 11.4 Å². The largest absolute Gasteiger partial charge is 0.456 e. The lowest BCUT2D eigenvalue weighted by molar-refractivity contribution is -0.150. The van der Waals surface area contributed by atoms with Crippen LogP contribution in [-0.4, -0.2) is 29.3 Å². The van der Waals surface area contributed by atoms with Crippen molar-refractivity contribution in [3.63, 3.8) is 0 Å². The molecule has 0 saturated carbocycles. The van der Waals surface area contributed by atoms with Crippen LogP contribution in [0.4, 0.5) is 0 Å². The number of hydrogen-bond acceptors (Lipinski definition) is 4. The summed E-state index contributed by atoms with van der Waals surface area (Å²) in [5.74, 6) is -0.986. The van der Waals surface area contributed by atoms with Crippen LogP contribution in [0.25, 0.3) is 6.08 Å². The molecule has 2 atom stereocenters. The second-order valence-corrected chi connectivity index (χ2v) is 7.96. The molecule has 0 fully saturated rings. The number of benzene rings is 2. The van der Waals surface area contributed by atoms with Crippen molar-refractivity contribution in [1.29, 1.82) is 0 Å². The first-order chi connectivity index (χ1) is 15.0. The van der Waals surface area contributed by atoms with E-state index in [0.29, 0.717) is 0 Å². The first-order valence-electron chi connectivity index (χ1n) is 10.6. The average Bonchev–Trinajstić information content (AvgIpc) is 2.78. The summed E-state index contributed by atoms with van der Waals surface area (Å²) in [6.45, 7) is 1.13. The zero-order valence-corrected chi connectivity index (χ0v) is 17.5. The minimum Gasteiger partial charge on any atom is -0.456 e. The van der Waals surface area contributed by atoms with Gasteiger partial charge in [0.05, 0.1) is 18.5 Å². The summed E-state index contributed by atoms with van der Waals surface area (Å²) < 4.78 is 5.27. The molecule has 6 nitrogen and oxygen atoms in total. The van der Waals surface area contributed by atoms with E-state index in [0.717, 1.165) is 36.0 Å². The Morgan fingerprint density at radius 2 is 1.81 bits per heavy atom. The number of aryl methyl sites for hydroxylation is 1. The highest BCUT2D eigenvalue weighted by Crippen LogP contribution is 2.33. The van der Waals surface area contributed by atoms with Crippen LogP contribution in [0.2, 0.25) is 0 Å². The van der Waals surface area contributed by atoms with Gasteiger partial charge in [0.25, 0.3) is 5.91 Å². The summed E-state index contributed by atoms with van der Waals surface area (Å²) in [6, 6.07) is 15.2. The van der Waals surface area contributed by atoms with Gasteiger partial charge in [0.1, 0.15) is 0 Å². The molecule has 160 valence electrons. The van der Waals surface area contributed by atoms with E-state index in [9.17, 15) is 14.4 Å². The number of ether oxygens (including phenoxy) is 1. The van der Waals surface area contributed by atoms with Crippen molar-refractivity contribution in [3.05, 3.63) is 77.0 Å². The van der Waals surface area contributed by atoms with Crippen molar-refractivity contribution in [3.8, 4) is 0 Å². The summed E-state index contributed by atoms with van der Waals surface area (Å²) in [6.07, 6.45) is 6.43. The number of amides is 2. The van der Waals surface area contributed by atoms with E-state index in [1.807, 2.05) is 48.5 Å². The van der Waals surface area contributed by atoms with Crippen molar-refractivity contribution in [2.75, 3.05) is 6.61 Å². The van der Waals surface area contributed by atoms with Gasteiger partial charge in [0.15, 0.2) is 6.61 Å². The zero-order valence-electron chi connectivity index (χ0n) is 17.5. The van der Waals surface area contributed by atoms with Gasteiger partial charge in [0, 0.05) is 13.1 Å². The Kier molecular flexibility index (Phi) is 6.16.